The maximum atomic E-state index is 12.5. The summed E-state index contributed by atoms with van der Waals surface area (Å²) in [6.07, 6.45) is 3.57. The molecule has 24 heavy (non-hydrogen) atoms. The van der Waals surface area contributed by atoms with Crippen molar-refractivity contribution in [3.63, 3.8) is 0 Å². The van der Waals surface area contributed by atoms with E-state index in [1.807, 2.05) is 28.8 Å². The number of hydrogen-bond donors (Lipinski definition) is 2. The van der Waals surface area contributed by atoms with Crippen LogP contribution in [0.15, 0.2) is 48.5 Å². The first kappa shape index (κ1) is 15.9. The minimum atomic E-state index is -1.07. The van der Waals surface area contributed by atoms with E-state index in [1.54, 1.807) is 12.3 Å². The maximum Gasteiger partial charge on any atom is 0.355 e. The Bertz CT molecular complexity index is 926. The molecular formula is C17H15N3O3S. The quantitative estimate of drug-likeness (QED) is 0.675. The molecule has 3 aromatic rings. The first-order chi connectivity index (χ1) is 11.6. The van der Waals surface area contributed by atoms with Crippen molar-refractivity contribution >= 4 is 34.1 Å². The molecule has 122 valence electrons. The number of carboxylic acid groups (broad SMARTS) is 1. The van der Waals surface area contributed by atoms with Gasteiger partial charge in [-0.2, -0.15) is 0 Å². The Balaban J connectivity index is 1.80. The van der Waals surface area contributed by atoms with Crippen molar-refractivity contribution in [3.8, 4) is 0 Å². The van der Waals surface area contributed by atoms with E-state index >= 15 is 0 Å². The Morgan fingerprint density at radius 3 is 2.88 bits per heavy atom. The van der Waals surface area contributed by atoms with Crippen molar-refractivity contribution in [2.75, 3.05) is 0 Å². The number of benzene rings is 1. The van der Waals surface area contributed by atoms with Crippen molar-refractivity contribution in [2.24, 2.45) is 0 Å². The SMILES string of the molecule is C=CCn1cc(C(=O)NCc2nc(C(=O)O)cs2)c2ccccc21. The predicted molar refractivity (Wildman–Crippen MR) is 92.4 cm³/mol. The van der Waals surface area contributed by atoms with Gasteiger partial charge in [0, 0.05) is 29.0 Å². The molecule has 0 aliphatic heterocycles. The summed E-state index contributed by atoms with van der Waals surface area (Å²) >= 11 is 1.21. The molecule has 3 rings (SSSR count). The first-order valence-electron chi connectivity index (χ1n) is 7.25. The molecule has 0 radical (unpaired) electrons. The van der Waals surface area contributed by atoms with Crippen LogP contribution in [0.5, 0.6) is 0 Å². The standard InChI is InChI=1S/C17H15N3O3S/c1-2-7-20-9-12(11-5-3-4-6-14(11)20)16(21)18-8-15-19-13(10-24-15)17(22)23/h2-6,9-10H,1,7-8H2,(H,18,21)(H,22,23). The second kappa shape index (κ2) is 6.67. The molecule has 0 spiro atoms. The van der Waals surface area contributed by atoms with Gasteiger partial charge in [-0.1, -0.05) is 24.3 Å². The Labute approximate surface area is 142 Å². The van der Waals surface area contributed by atoms with Gasteiger partial charge >= 0.3 is 5.97 Å². The van der Waals surface area contributed by atoms with E-state index in [0.717, 1.165) is 10.9 Å². The fraction of sp³-hybridized carbons (Fsp3) is 0.118. The molecule has 2 N–H and O–H groups in total. The monoisotopic (exact) mass is 341 g/mol. The molecule has 0 aliphatic rings. The van der Waals surface area contributed by atoms with Crippen LogP contribution in [0, 0.1) is 0 Å². The van der Waals surface area contributed by atoms with Crippen molar-refractivity contribution in [1.29, 1.82) is 0 Å². The molecule has 0 aliphatic carbocycles. The molecule has 7 heteroatoms. The third kappa shape index (κ3) is 3.07. The van der Waals surface area contributed by atoms with Gasteiger partial charge < -0.3 is 15.0 Å². The molecule has 0 bridgehead atoms. The van der Waals surface area contributed by atoms with E-state index in [1.165, 1.54) is 16.7 Å². The van der Waals surface area contributed by atoms with Crippen molar-refractivity contribution in [1.82, 2.24) is 14.9 Å². The van der Waals surface area contributed by atoms with E-state index in [4.69, 9.17) is 5.11 Å². The van der Waals surface area contributed by atoms with Crippen LogP contribution in [0.25, 0.3) is 10.9 Å². The molecule has 0 atom stereocenters. The topological polar surface area (TPSA) is 84.2 Å². The number of nitrogens with one attached hydrogen (secondary N) is 1. The largest absolute Gasteiger partial charge is 0.476 e. The highest BCUT2D eigenvalue weighted by atomic mass is 32.1. The van der Waals surface area contributed by atoms with Crippen LogP contribution in [0.4, 0.5) is 0 Å². The van der Waals surface area contributed by atoms with E-state index in [2.05, 4.69) is 16.9 Å². The fourth-order valence-corrected chi connectivity index (χ4v) is 3.17. The number of fused-ring (bicyclic) bond motifs is 1. The number of nitrogens with zero attached hydrogens (tertiary/aromatic N) is 2. The minimum absolute atomic E-state index is 0.00756. The molecule has 0 fully saturated rings. The normalized spacial score (nSPS) is 10.7. The number of rotatable bonds is 6. The van der Waals surface area contributed by atoms with Crippen molar-refractivity contribution < 1.29 is 14.7 Å². The van der Waals surface area contributed by atoms with Crippen LogP contribution in [0.2, 0.25) is 0 Å². The van der Waals surface area contributed by atoms with E-state index in [0.29, 0.717) is 17.1 Å². The van der Waals surface area contributed by atoms with Gasteiger partial charge in [0.1, 0.15) is 5.01 Å². The molecule has 0 saturated carbocycles. The smallest absolute Gasteiger partial charge is 0.355 e. The van der Waals surface area contributed by atoms with Gasteiger partial charge in [0.05, 0.1) is 12.1 Å². The number of carbonyl (C=O) groups is 2. The molecule has 2 heterocycles. The Morgan fingerprint density at radius 1 is 1.38 bits per heavy atom. The summed E-state index contributed by atoms with van der Waals surface area (Å²) in [6.45, 7) is 4.54. The highest BCUT2D eigenvalue weighted by molar-refractivity contribution is 7.09. The summed E-state index contributed by atoms with van der Waals surface area (Å²) in [7, 11) is 0. The number of aromatic carboxylic acids is 1. The highest BCUT2D eigenvalue weighted by Crippen LogP contribution is 2.21. The summed E-state index contributed by atoms with van der Waals surface area (Å²) in [6, 6.07) is 7.66. The number of aromatic nitrogens is 2. The van der Waals surface area contributed by atoms with Crippen LogP contribution in [-0.4, -0.2) is 26.5 Å². The lowest BCUT2D eigenvalue weighted by Gasteiger charge is -2.01. The third-order valence-electron chi connectivity index (χ3n) is 3.53. The lowest BCUT2D eigenvalue weighted by molar-refractivity contribution is 0.0691. The highest BCUT2D eigenvalue weighted by Gasteiger charge is 2.15. The first-order valence-corrected chi connectivity index (χ1v) is 8.12. The lowest BCUT2D eigenvalue weighted by atomic mass is 10.1. The minimum Gasteiger partial charge on any atom is -0.476 e. The van der Waals surface area contributed by atoms with Crippen LogP contribution >= 0.6 is 11.3 Å². The zero-order valence-electron chi connectivity index (χ0n) is 12.7. The van der Waals surface area contributed by atoms with Crippen LogP contribution in [0.1, 0.15) is 25.9 Å². The fourth-order valence-electron chi connectivity index (χ4n) is 2.46. The van der Waals surface area contributed by atoms with Gasteiger partial charge in [0.2, 0.25) is 0 Å². The van der Waals surface area contributed by atoms with Gasteiger partial charge in [-0.05, 0) is 6.07 Å². The molecule has 2 aromatic heterocycles. The zero-order chi connectivity index (χ0) is 17.1. The lowest BCUT2D eigenvalue weighted by Crippen LogP contribution is -2.22. The van der Waals surface area contributed by atoms with Gasteiger partial charge in [0.25, 0.3) is 5.91 Å². The molecule has 1 amide bonds. The van der Waals surface area contributed by atoms with E-state index < -0.39 is 5.97 Å². The zero-order valence-corrected chi connectivity index (χ0v) is 13.5. The average Bonchev–Trinajstić information content (AvgIpc) is 3.19. The predicted octanol–water partition coefficient (Wildman–Crippen LogP) is 2.91. The van der Waals surface area contributed by atoms with Crippen LogP contribution in [0.3, 0.4) is 0 Å². The number of allylic oxidation sites excluding steroid dienone is 1. The molecule has 6 nitrogen and oxygen atoms in total. The molecular weight excluding hydrogens is 326 g/mol. The molecule has 1 aromatic carbocycles. The second-order valence-electron chi connectivity index (χ2n) is 5.12. The van der Waals surface area contributed by atoms with E-state index in [-0.39, 0.29) is 18.1 Å². The summed E-state index contributed by atoms with van der Waals surface area (Å²) in [5.74, 6) is -1.29. The van der Waals surface area contributed by atoms with Crippen LogP contribution in [-0.2, 0) is 13.1 Å². The van der Waals surface area contributed by atoms with Crippen molar-refractivity contribution in [3.05, 3.63) is 64.8 Å². The Kier molecular flexibility index (Phi) is 4.43. The summed E-state index contributed by atoms with van der Waals surface area (Å²) in [5.41, 5.74) is 1.53. The molecule has 0 unspecified atom stereocenters. The number of thiazole rings is 1. The van der Waals surface area contributed by atoms with Gasteiger partial charge in [0.15, 0.2) is 5.69 Å². The average molecular weight is 341 g/mol. The second-order valence-corrected chi connectivity index (χ2v) is 6.06. The number of para-hydroxylation sites is 1. The molecule has 0 saturated heterocycles. The maximum absolute atomic E-state index is 12.5. The Morgan fingerprint density at radius 2 is 2.17 bits per heavy atom. The number of carboxylic acids is 1. The third-order valence-corrected chi connectivity index (χ3v) is 4.38. The number of carbonyl (C=O) groups excluding carboxylic acids is 1. The van der Waals surface area contributed by atoms with Gasteiger partial charge in [-0.3, -0.25) is 4.79 Å². The van der Waals surface area contributed by atoms with Crippen molar-refractivity contribution in [2.45, 2.75) is 13.1 Å². The van der Waals surface area contributed by atoms with Crippen LogP contribution < -0.4 is 5.32 Å². The summed E-state index contributed by atoms with van der Waals surface area (Å²) in [5, 5.41) is 14.5. The van der Waals surface area contributed by atoms with Gasteiger partial charge in [-0.25, -0.2) is 9.78 Å². The van der Waals surface area contributed by atoms with E-state index in [9.17, 15) is 9.59 Å². The summed E-state index contributed by atoms with van der Waals surface area (Å²) in [4.78, 5) is 27.3. The summed E-state index contributed by atoms with van der Waals surface area (Å²) < 4.78 is 1.96. The van der Waals surface area contributed by atoms with Gasteiger partial charge in [-0.15, -0.1) is 17.9 Å². The number of hydrogen-bond acceptors (Lipinski definition) is 4. The number of amides is 1. The Hall–Kier alpha value is -2.93.